The third kappa shape index (κ3) is 1.92. The highest BCUT2D eigenvalue weighted by atomic mass is 16.5. The Kier molecular flexibility index (Phi) is 3.07. The Balaban J connectivity index is 1.89. The van der Waals surface area contributed by atoms with Crippen LogP contribution in [0.2, 0.25) is 0 Å². The summed E-state index contributed by atoms with van der Waals surface area (Å²) in [6.07, 6.45) is 8.98. The quantitative estimate of drug-likeness (QED) is 0.873. The second kappa shape index (κ2) is 4.72. The van der Waals surface area contributed by atoms with E-state index in [0.717, 1.165) is 25.9 Å². The molecule has 0 radical (unpaired) electrons. The number of carbonyl (C=O) groups is 1. The zero-order chi connectivity index (χ0) is 12.5. The van der Waals surface area contributed by atoms with E-state index >= 15 is 0 Å². The minimum Gasteiger partial charge on any atom is -0.477 e. The first kappa shape index (κ1) is 11.7. The Bertz CT molecular complexity index is 441. The summed E-state index contributed by atoms with van der Waals surface area (Å²) in [4.78, 5) is 15.2. The summed E-state index contributed by atoms with van der Waals surface area (Å²) in [5.74, 6) is -0.453. The molecule has 1 aromatic rings. The third-order valence-electron chi connectivity index (χ3n) is 4.24. The van der Waals surface area contributed by atoms with Gasteiger partial charge in [0.05, 0.1) is 18.6 Å². The van der Waals surface area contributed by atoms with Crippen molar-refractivity contribution in [3.8, 4) is 0 Å². The van der Waals surface area contributed by atoms with E-state index in [1.807, 2.05) is 4.57 Å². The third-order valence-corrected chi connectivity index (χ3v) is 4.24. The average molecular weight is 250 g/mol. The number of hydrogen-bond donors (Lipinski definition) is 1. The lowest BCUT2D eigenvalue weighted by molar-refractivity contribution is -0.0724. The molecule has 2 aliphatic rings. The number of nitrogens with zero attached hydrogens (tertiary/aromatic N) is 2. The fraction of sp³-hybridized carbons (Fsp3) is 0.692. The molecular weight excluding hydrogens is 232 g/mol. The lowest BCUT2D eigenvalue weighted by Gasteiger charge is -2.41. The van der Waals surface area contributed by atoms with Crippen LogP contribution in [0, 0.1) is 5.92 Å². The van der Waals surface area contributed by atoms with Crippen molar-refractivity contribution >= 4 is 5.97 Å². The van der Waals surface area contributed by atoms with Crippen molar-refractivity contribution in [3.05, 3.63) is 18.2 Å². The maximum absolute atomic E-state index is 11.2. The lowest BCUT2D eigenvalue weighted by Crippen LogP contribution is -2.40. The van der Waals surface area contributed by atoms with E-state index < -0.39 is 5.97 Å². The Morgan fingerprint density at radius 1 is 1.39 bits per heavy atom. The van der Waals surface area contributed by atoms with E-state index in [9.17, 15) is 9.90 Å². The topological polar surface area (TPSA) is 64.3 Å². The Morgan fingerprint density at radius 3 is 3.06 bits per heavy atom. The van der Waals surface area contributed by atoms with Crippen LogP contribution in [0.15, 0.2) is 12.5 Å². The molecule has 1 aromatic heterocycles. The van der Waals surface area contributed by atoms with Crippen LogP contribution < -0.4 is 0 Å². The number of imidazole rings is 1. The van der Waals surface area contributed by atoms with Crippen LogP contribution >= 0.6 is 0 Å². The van der Waals surface area contributed by atoms with Gasteiger partial charge in [-0.15, -0.1) is 0 Å². The van der Waals surface area contributed by atoms with E-state index in [1.165, 1.54) is 19.0 Å². The van der Waals surface area contributed by atoms with Crippen molar-refractivity contribution in [2.45, 2.75) is 44.2 Å². The van der Waals surface area contributed by atoms with Crippen LogP contribution in [0.5, 0.6) is 0 Å². The zero-order valence-electron chi connectivity index (χ0n) is 10.3. The highest BCUT2D eigenvalue weighted by Gasteiger charge is 2.37. The van der Waals surface area contributed by atoms with Gasteiger partial charge in [0.1, 0.15) is 5.69 Å². The van der Waals surface area contributed by atoms with E-state index in [0.29, 0.717) is 17.7 Å². The van der Waals surface area contributed by atoms with Gasteiger partial charge < -0.3 is 14.4 Å². The van der Waals surface area contributed by atoms with Crippen molar-refractivity contribution in [2.75, 3.05) is 6.61 Å². The molecule has 0 aromatic carbocycles. The molecule has 5 nitrogen and oxygen atoms in total. The fourth-order valence-electron chi connectivity index (χ4n) is 3.41. The standard InChI is InChI=1S/C13H18N2O3/c16-13(17)11-7-14-8-15(11)10-5-6-18-12-4-2-1-3-9(10)12/h7-10,12H,1-6H2,(H,16,17)/t9-,10-,12+/m0/s1. The predicted molar refractivity (Wildman–Crippen MR) is 64.5 cm³/mol. The van der Waals surface area contributed by atoms with Gasteiger partial charge in [0, 0.05) is 18.6 Å². The molecule has 1 saturated heterocycles. The molecule has 0 unspecified atom stereocenters. The van der Waals surface area contributed by atoms with Crippen LogP contribution in [0.1, 0.15) is 48.6 Å². The Labute approximate surface area is 106 Å². The largest absolute Gasteiger partial charge is 0.477 e. The number of carboxylic acids is 1. The van der Waals surface area contributed by atoms with Gasteiger partial charge in [-0.3, -0.25) is 0 Å². The molecule has 3 atom stereocenters. The summed E-state index contributed by atoms with van der Waals surface area (Å²) in [5.41, 5.74) is 0.297. The molecule has 98 valence electrons. The molecule has 1 aliphatic heterocycles. The summed E-state index contributed by atoms with van der Waals surface area (Å²) in [6.45, 7) is 0.725. The maximum atomic E-state index is 11.2. The van der Waals surface area contributed by atoms with E-state index in [2.05, 4.69) is 4.98 Å². The molecule has 0 spiro atoms. The molecule has 1 saturated carbocycles. The average Bonchev–Trinajstić information content (AvgIpc) is 2.87. The first-order valence-corrected chi connectivity index (χ1v) is 6.64. The summed E-state index contributed by atoms with van der Waals surface area (Å²) in [5, 5.41) is 9.19. The van der Waals surface area contributed by atoms with E-state index in [1.54, 1.807) is 6.33 Å². The lowest BCUT2D eigenvalue weighted by atomic mass is 9.78. The predicted octanol–water partition coefficient (Wildman–Crippen LogP) is 2.10. The van der Waals surface area contributed by atoms with Gasteiger partial charge in [-0.05, 0) is 19.3 Å². The monoisotopic (exact) mass is 250 g/mol. The fourth-order valence-corrected chi connectivity index (χ4v) is 3.41. The minimum absolute atomic E-state index is 0.234. The molecule has 0 amide bonds. The Hall–Kier alpha value is -1.36. The van der Waals surface area contributed by atoms with Crippen LogP contribution in [0.4, 0.5) is 0 Å². The van der Waals surface area contributed by atoms with Gasteiger partial charge in [-0.1, -0.05) is 12.8 Å². The van der Waals surface area contributed by atoms with E-state index in [4.69, 9.17) is 4.74 Å². The molecule has 3 rings (SSSR count). The van der Waals surface area contributed by atoms with Gasteiger partial charge in [0.25, 0.3) is 0 Å². The smallest absolute Gasteiger partial charge is 0.354 e. The van der Waals surface area contributed by atoms with Gasteiger partial charge in [0.15, 0.2) is 0 Å². The molecular formula is C13H18N2O3. The maximum Gasteiger partial charge on any atom is 0.354 e. The second-order valence-electron chi connectivity index (χ2n) is 5.20. The highest BCUT2D eigenvalue weighted by molar-refractivity contribution is 5.85. The molecule has 1 aliphatic carbocycles. The van der Waals surface area contributed by atoms with Crippen LogP contribution in [0.25, 0.3) is 0 Å². The van der Waals surface area contributed by atoms with Gasteiger partial charge >= 0.3 is 5.97 Å². The summed E-state index contributed by atoms with van der Waals surface area (Å²) in [7, 11) is 0. The van der Waals surface area contributed by atoms with Gasteiger partial charge in [-0.2, -0.15) is 0 Å². The van der Waals surface area contributed by atoms with Crippen molar-refractivity contribution in [2.24, 2.45) is 5.92 Å². The zero-order valence-corrected chi connectivity index (χ0v) is 10.3. The Morgan fingerprint density at radius 2 is 2.22 bits per heavy atom. The number of rotatable bonds is 2. The highest BCUT2D eigenvalue weighted by Crippen LogP contribution is 2.40. The number of aromatic carboxylic acids is 1. The summed E-state index contributed by atoms with van der Waals surface area (Å²) < 4.78 is 7.67. The number of aromatic nitrogens is 2. The molecule has 1 N–H and O–H groups in total. The minimum atomic E-state index is -0.897. The van der Waals surface area contributed by atoms with Crippen molar-refractivity contribution in [1.82, 2.24) is 9.55 Å². The van der Waals surface area contributed by atoms with Crippen molar-refractivity contribution in [1.29, 1.82) is 0 Å². The van der Waals surface area contributed by atoms with Gasteiger partial charge in [0.2, 0.25) is 0 Å². The number of ether oxygens (including phenoxy) is 1. The number of fused-ring (bicyclic) bond motifs is 1. The molecule has 18 heavy (non-hydrogen) atoms. The van der Waals surface area contributed by atoms with Crippen LogP contribution in [-0.4, -0.2) is 33.3 Å². The first-order chi connectivity index (χ1) is 8.77. The molecule has 2 heterocycles. The van der Waals surface area contributed by atoms with Crippen molar-refractivity contribution < 1.29 is 14.6 Å². The summed E-state index contributed by atoms with van der Waals surface area (Å²) in [6, 6.07) is 0.234. The number of carboxylic acid groups (broad SMARTS) is 1. The molecule has 5 heteroatoms. The van der Waals surface area contributed by atoms with Gasteiger partial charge in [-0.25, -0.2) is 9.78 Å². The second-order valence-corrected chi connectivity index (χ2v) is 5.20. The van der Waals surface area contributed by atoms with Crippen LogP contribution in [-0.2, 0) is 4.74 Å². The van der Waals surface area contributed by atoms with E-state index in [-0.39, 0.29) is 6.04 Å². The SMILES string of the molecule is O=C(O)c1cncn1[C@H]1CCO[C@@H]2CCCC[C@H]21. The molecule has 0 bridgehead atoms. The number of hydrogen-bond acceptors (Lipinski definition) is 3. The molecule has 2 fully saturated rings. The normalized spacial score (nSPS) is 31.9. The van der Waals surface area contributed by atoms with Crippen LogP contribution in [0.3, 0.4) is 0 Å². The summed E-state index contributed by atoms with van der Waals surface area (Å²) >= 11 is 0. The van der Waals surface area contributed by atoms with Crippen molar-refractivity contribution in [3.63, 3.8) is 0 Å². The first-order valence-electron chi connectivity index (χ1n) is 6.64.